The molecule has 1 saturated heterocycles. The fourth-order valence-corrected chi connectivity index (χ4v) is 3.85. The van der Waals surface area contributed by atoms with Crippen molar-refractivity contribution in [1.29, 1.82) is 0 Å². The van der Waals surface area contributed by atoms with Crippen LogP contribution in [0.25, 0.3) is 0 Å². The van der Waals surface area contributed by atoms with E-state index >= 15 is 0 Å². The maximum absolute atomic E-state index is 12.1. The fraction of sp³-hybridized carbons (Fsp3) is 0.500. The van der Waals surface area contributed by atoms with Crippen molar-refractivity contribution >= 4 is 29.3 Å². The van der Waals surface area contributed by atoms with E-state index in [0.717, 1.165) is 35.6 Å². The van der Waals surface area contributed by atoms with Crippen LogP contribution in [-0.2, 0) is 9.53 Å². The first-order valence-corrected chi connectivity index (χ1v) is 7.94. The number of halogens is 1. The third-order valence-corrected chi connectivity index (χ3v) is 4.91. The number of ether oxygens (including phenoxy) is 1. The van der Waals surface area contributed by atoms with E-state index in [0.29, 0.717) is 6.61 Å². The van der Waals surface area contributed by atoms with E-state index in [1.807, 2.05) is 30.0 Å². The second kappa shape index (κ2) is 5.73. The van der Waals surface area contributed by atoms with Crippen molar-refractivity contribution in [3.05, 3.63) is 28.8 Å². The first kappa shape index (κ1) is 13.3. The molecule has 2 heterocycles. The maximum atomic E-state index is 12.1. The van der Waals surface area contributed by atoms with E-state index < -0.39 is 0 Å². The zero-order chi connectivity index (χ0) is 13.2. The number of hydrogen-bond acceptors (Lipinski definition) is 3. The van der Waals surface area contributed by atoms with Crippen LogP contribution in [0.15, 0.2) is 23.1 Å². The van der Waals surface area contributed by atoms with Crippen LogP contribution >= 0.6 is 23.4 Å². The van der Waals surface area contributed by atoms with E-state index in [1.165, 1.54) is 4.90 Å². The number of carbonyl (C=O) groups excluding carboxylic acids is 1. The van der Waals surface area contributed by atoms with E-state index in [-0.39, 0.29) is 18.1 Å². The summed E-state index contributed by atoms with van der Waals surface area (Å²) in [6, 6.07) is 5.96. The van der Waals surface area contributed by atoms with Gasteiger partial charge in [0.05, 0.1) is 6.04 Å². The summed E-state index contributed by atoms with van der Waals surface area (Å²) in [6.45, 7) is 0.695. The molecule has 1 fully saturated rings. The highest BCUT2D eigenvalue weighted by atomic mass is 35.5. The standard InChI is InChI=1S/C14H16ClNO2S/c15-9-3-4-13-10(8-9)11(5-7-19-13)16-14(17)12-2-1-6-18-12/h3-4,8,11-12H,1-2,5-7H2,(H,16,17). The number of amides is 1. The Morgan fingerprint density at radius 3 is 3.11 bits per heavy atom. The molecule has 2 unspecified atom stereocenters. The smallest absolute Gasteiger partial charge is 0.249 e. The van der Waals surface area contributed by atoms with Crippen molar-refractivity contribution in [1.82, 2.24) is 5.32 Å². The first-order chi connectivity index (χ1) is 9.24. The van der Waals surface area contributed by atoms with E-state index in [1.54, 1.807) is 0 Å². The van der Waals surface area contributed by atoms with Gasteiger partial charge in [-0.25, -0.2) is 0 Å². The van der Waals surface area contributed by atoms with Crippen LogP contribution in [0.3, 0.4) is 0 Å². The summed E-state index contributed by atoms with van der Waals surface area (Å²) < 4.78 is 5.42. The van der Waals surface area contributed by atoms with Crippen molar-refractivity contribution in [3.63, 3.8) is 0 Å². The van der Waals surface area contributed by atoms with Crippen molar-refractivity contribution in [2.75, 3.05) is 12.4 Å². The lowest BCUT2D eigenvalue weighted by Crippen LogP contribution is -2.37. The normalized spacial score (nSPS) is 25.9. The number of carbonyl (C=O) groups is 1. The molecule has 102 valence electrons. The Morgan fingerprint density at radius 2 is 2.32 bits per heavy atom. The molecule has 1 N–H and O–H groups in total. The molecular weight excluding hydrogens is 282 g/mol. The Hall–Kier alpha value is -0.710. The fourth-order valence-electron chi connectivity index (χ4n) is 2.56. The second-order valence-corrected chi connectivity index (χ2v) is 6.46. The number of rotatable bonds is 2. The zero-order valence-electron chi connectivity index (χ0n) is 10.5. The van der Waals surface area contributed by atoms with Crippen molar-refractivity contribution < 1.29 is 9.53 Å². The Kier molecular flexibility index (Phi) is 4.01. The van der Waals surface area contributed by atoms with Gasteiger partial charge in [-0.2, -0.15) is 0 Å². The minimum Gasteiger partial charge on any atom is -0.368 e. The predicted molar refractivity (Wildman–Crippen MR) is 76.7 cm³/mol. The van der Waals surface area contributed by atoms with Gasteiger partial charge in [0.25, 0.3) is 0 Å². The molecule has 0 spiro atoms. The number of hydrogen-bond donors (Lipinski definition) is 1. The van der Waals surface area contributed by atoms with Crippen molar-refractivity contribution in [2.45, 2.75) is 36.3 Å². The molecule has 3 nitrogen and oxygen atoms in total. The van der Waals surface area contributed by atoms with Crippen LogP contribution in [-0.4, -0.2) is 24.4 Å². The Balaban J connectivity index is 1.75. The zero-order valence-corrected chi connectivity index (χ0v) is 12.1. The molecule has 1 aromatic carbocycles. The van der Waals surface area contributed by atoms with Crippen LogP contribution in [0.1, 0.15) is 30.9 Å². The molecule has 1 amide bonds. The average molecular weight is 298 g/mol. The number of thioether (sulfide) groups is 1. The molecule has 3 rings (SSSR count). The van der Waals surface area contributed by atoms with E-state index in [9.17, 15) is 4.79 Å². The van der Waals surface area contributed by atoms with Gasteiger partial charge >= 0.3 is 0 Å². The lowest BCUT2D eigenvalue weighted by Gasteiger charge is -2.27. The monoisotopic (exact) mass is 297 g/mol. The lowest BCUT2D eigenvalue weighted by molar-refractivity contribution is -0.130. The Morgan fingerprint density at radius 1 is 1.42 bits per heavy atom. The van der Waals surface area contributed by atoms with Gasteiger partial charge in [0, 0.05) is 22.3 Å². The Labute approximate surface area is 122 Å². The van der Waals surface area contributed by atoms with Gasteiger partial charge in [-0.05, 0) is 43.0 Å². The summed E-state index contributed by atoms with van der Waals surface area (Å²) >= 11 is 7.88. The quantitative estimate of drug-likeness (QED) is 0.911. The summed E-state index contributed by atoms with van der Waals surface area (Å²) in [7, 11) is 0. The van der Waals surface area contributed by atoms with Crippen LogP contribution < -0.4 is 5.32 Å². The predicted octanol–water partition coefficient (Wildman–Crippen LogP) is 3.17. The molecule has 0 saturated carbocycles. The maximum Gasteiger partial charge on any atom is 0.249 e. The van der Waals surface area contributed by atoms with Gasteiger partial charge < -0.3 is 10.1 Å². The molecule has 0 radical (unpaired) electrons. The molecule has 0 aromatic heterocycles. The molecule has 5 heteroatoms. The lowest BCUT2D eigenvalue weighted by atomic mass is 10.0. The number of nitrogens with one attached hydrogen (secondary N) is 1. The van der Waals surface area contributed by atoms with Crippen LogP contribution in [0.5, 0.6) is 0 Å². The third-order valence-electron chi connectivity index (χ3n) is 3.55. The molecule has 19 heavy (non-hydrogen) atoms. The molecule has 0 bridgehead atoms. The summed E-state index contributed by atoms with van der Waals surface area (Å²) in [5.41, 5.74) is 1.13. The highest BCUT2D eigenvalue weighted by Crippen LogP contribution is 2.37. The highest BCUT2D eigenvalue weighted by Gasteiger charge is 2.28. The summed E-state index contributed by atoms with van der Waals surface area (Å²) in [4.78, 5) is 13.3. The second-order valence-electron chi connectivity index (χ2n) is 4.88. The topological polar surface area (TPSA) is 38.3 Å². The van der Waals surface area contributed by atoms with Crippen molar-refractivity contribution in [3.8, 4) is 0 Å². The average Bonchev–Trinajstić information content (AvgIpc) is 2.93. The van der Waals surface area contributed by atoms with Gasteiger partial charge in [-0.15, -0.1) is 11.8 Å². The molecule has 1 aromatic rings. The molecule has 0 aliphatic carbocycles. The number of fused-ring (bicyclic) bond motifs is 1. The van der Waals surface area contributed by atoms with Crippen LogP contribution in [0, 0.1) is 0 Å². The van der Waals surface area contributed by atoms with E-state index in [4.69, 9.17) is 16.3 Å². The molecule has 2 aliphatic heterocycles. The molecule has 2 aliphatic rings. The summed E-state index contributed by atoms with van der Waals surface area (Å²) in [6.07, 6.45) is 2.48. The first-order valence-electron chi connectivity index (χ1n) is 6.58. The Bertz CT molecular complexity index is 488. The largest absolute Gasteiger partial charge is 0.368 e. The summed E-state index contributed by atoms with van der Waals surface area (Å²) in [5, 5.41) is 3.83. The van der Waals surface area contributed by atoms with Crippen LogP contribution in [0.4, 0.5) is 0 Å². The molecule has 2 atom stereocenters. The van der Waals surface area contributed by atoms with E-state index in [2.05, 4.69) is 5.32 Å². The molecular formula is C14H16ClNO2S. The van der Waals surface area contributed by atoms with Gasteiger partial charge in [0.1, 0.15) is 6.10 Å². The third kappa shape index (κ3) is 2.91. The summed E-state index contributed by atoms with van der Waals surface area (Å²) in [5.74, 6) is 1.03. The minimum atomic E-state index is -0.266. The van der Waals surface area contributed by atoms with Crippen LogP contribution in [0.2, 0.25) is 5.02 Å². The van der Waals surface area contributed by atoms with Gasteiger partial charge in [0.15, 0.2) is 0 Å². The minimum absolute atomic E-state index is 0.0142. The van der Waals surface area contributed by atoms with Crippen molar-refractivity contribution in [2.24, 2.45) is 0 Å². The van der Waals surface area contributed by atoms with Gasteiger partial charge in [-0.3, -0.25) is 4.79 Å². The van der Waals surface area contributed by atoms with Gasteiger partial charge in [-0.1, -0.05) is 11.6 Å². The highest BCUT2D eigenvalue weighted by molar-refractivity contribution is 7.99. The number of benzene rings is 1. The van der Waals surface area contributed by atoms with Gasteiger partial charge in [0.2, 0.25) is 5.91 Å². The SMILES string of the molecule is O=C(NC1CCSc2ccc(Cl)cc21)C1CCCO1.